The Labute approximate surface area is 93.0 Å². The summed E-state index contributed by atoms with van der Waals surface area (Å²) in [5, 5.41) is 0. The van der Waals surface area contributed by atoms with Gasteiger partial charge in [0.2, 0.25) is 5.91 Å². The van der Waals surface area contributed by atoms with Crippen molar-refractivity contribution in [2.75, 3.05) is 13.6 Å². The highest BCUT2D eigenvalue weighted by Gasteiger charge is 2.29. The van der Waals surface area contributed by atoms with Crippen LogP contribution in [0.2, 0.25) is 0 Å². The van der Waals surface area contributed by atoms with Crippen LogP contribution < -0.4 is 5.73 Å². The van der Waals surface area contributed by atoms with Crippen LogP contribution in [-0.4, -0.2) is 30.4 Å². The quantitative estimate of drug-likeness (QED) is 0.706. The summed E-state index contributed by atoms with van der Waals surface area (Å²) in [6.45, 7) is 3.08. The Morgan fingerprint density at radius 2 is 2.13 bits per heavy atom. The molecule has 0 bridgehead atoms. The van der Waals surface area contributed by atoms with Crippen molar-refractivity contribution in [3.05, 3.63) is 0 Å². The van der Waals surface area contributed by atoms with Gasteiger partial charge in [0.05, 0.1) is 0 Å². The third-order valence-corrected chi connectivity index (χ3v) is 3.30. The van der Waals surface area contributed by atoms with Gasteiger partial charge in [0.25, 0.3) is 0 Å². The molecule has 88 valence electrons. The average molecular weight is 212 g/mol. The van der Waals surface area contributed by atoms with Crippen LogP contribution >= 0.6 is 0 Å². The molecule has 0 aromatic carbocycles. The second-order valence-electron chi connectivity index (χ2n) is 4.74. The number of unbranched alkanes of at least 4 members (excludes halogenated alkanes) is 2. The van der Waals surface area contributed by atoms with E-state index in [4.69, 9.17) is 5.73 Å². The Morgan fingerprint density at radius 3 is 2.67 bits per heavy atom. The summed E-state index contributed by atoms with van der Waals surface area (Å²) in [5.41, 5.74) is 5.81. The summed E-state index contributed by atoms with van der Waals surface area (Å²) in [6.07, 6.45) is 6.42. The van der Waals surface area contributed by atoms with Crippen LogP contribution in [0.5, 0.6) is 0 Å². The molecule has 1 amide bonds. The fourth-order valence-corrected chi connectivity index (χ4v) is 2.26. The van der Waals surface area contributed by atoms with E-state index in [1.807, 2.05) is 11.9 Å². The van der Waals surface area contributed by atoms with Crippen LogP contribution in [0.15, 0.2) is 0 Å². The molecule has 0 radical (unpaired) electrons. The minimum Gasteiger partial charge on any atom is -0.346 e. The molecular formula is C12H24N2O. The normalized spacial score (nSPS) is 25.5. The molecule has 0 aliphatic heterocycles. The van der Waals surface area contributed by atoms with E-state index in [2.05, 4.69) is 6.92 Å². The van der Waals surface area contributed by atoms with Gasteiger partial charge in [0.15, 0.2) is 0 Å². The Balaban J connectivity index is 2.26. The first-order valence-electron chi connectivity index (χ1n) is 6.15. The van der Waals surface area contributed by atoms with Crippen LogP contribution in [0.1, 0.15) is 45.4 Å². The molecule has 1 aliphatic rings. The predicted octanol–water partition coefficient (Wildman–Crippen LogP) is 1.76. The van der Waals surface area contributed by atoms with E-state index in [0.717, 1.165) is 32.2 Å². The van der Waals surface area contributed by atoms with Gasteiger partial charge in [-0.3, -0.25) is 4.79 Å². The number of nitrogens with two attached hydrogens (primary N) is 1. The molecule has 1 saturated carbocycles. The summed E-state index contributed by atoms with van der Waals surface area (Å²) in [4.78, 5) is 13.8. The largest absolute Gasteiger partial charge is 0.346 e. The standard InChI is InChI=1S/C12H24N2O/c1-3-4-5-8-14(2)12(15)10-6-7-11(13)9-10/h10-11H,3-9,13H2,1-2H3. The molecule has 1 fully saturated rings. The number of rotatable bonds is 5. The van der Waals surface area contributed by atoms with Gasteiger partial charge in [0, 0.05) is 25.6 Å². The minimum atomic E-state index is 0.201. The van der Waals surface area contributed by atoms with E-state index in [1.165, 1.54) is 12.8 Å². The molecule has 15 heavy (non-hydrogen) atoms. The van der Waals surface area contributed by atoms with E-state index >= 15 is 0 Å². The molecule has 0 aromatic heterocycles. The second-order valence-corrected chi connectivity index (χ2v) is 4.74. The first kappa shape index (κ1) is 12.5. The molecule has 0 saturated heterocycles. The van der Waals surface area contributed by atoms with Crippen molar-refractivity contribution >= 4 is 5.91 Å². The Kier molecular flexibility index (Phi) is 5.09. The fraction of sp³-hybridized carbons (Fsp3) is 0.917. The van der Waals surface area contributed by atoms with E-state index < -0.39 is 0 Å². The zero-order valence-electron chi connectivity index (χ0n) is 10.0. The summed E-state index contributed by atoms with van der Waals surface area (Å²) >= 11 is 0. The van der Waals surface area contributed by atoms with Gasteiger partial charge in [0.1, 0.15) is 0 Å². The van der Waals surface area contributed by atoms with E-state index in [1.54, 1.807) is 0 Å². The zero-order valence-corrected chi connectivity index (χ0v) is 10.0. The molecule has 1 aliphatic carbocycles. The van der Waals surface area contributed by atoms with E-state index in [9.17, 15) is 4.79 Å². The van der Waals surface area contributed by atoms with Gasteiger partial charge in [-0.15, -0.1) is 0 Å². The summed E-state index contributed by atoms with van der Waals surface area (Å²) in [7, 11) is 1.92. The van der Waals surface area contributed by atoms with Crippen molar-refractivity contribution in [1.29, 1.82) is 0 Å². The van der Waals surface area contributed by atoms with Crippen molar-refractivity contribution in [3.63, 3.8) is 0 Å². The third kappa shape index (κ3) is 3.82. The van der Waals surface area contributed by atoms with Gasteiger partial charge in [-0.05, 0) is 25.7 Å². The predicted molar refractivity (Wildman–Crippen MR) is 62.5 cm³/mol. The number of carbonyl (C=O) groups is 1. The lowest BCUT2D eigenvalue weighted by Gasteiger charge is -2.20. The molecule has 2 atom stereocenters. The zero-order chi connectivity index (χ0) is 11.3. The van der Waals surface area contributed by atoms with Gasteiger partial charge in [-0.2, -0.15) is 0 Å². The molecular weight excluding hydrogens is 188 g/mol. The van der Waals surface area contributed by atoms with Crippen molar-refractivity contribution in [2.45, 2.75) is 51.5 Å². The summed E-state index contributed by atoms with van der Waals surface area (Å²) in [5.74, 6) is 0.505. The average Bonchev–Trinajstić information content (AvgIpc) is 2.64. The van der Waals surface area contributed by atoms with Crippen molar-refractivity contribution < 1.29 is 4.79 Å². The van der Waals surface area contributed by atoms with Crippen LogP contribution in [0, 0.1) is 5.92 Å². The van der Waals surface area contributed by atoms with Gasteiger partial charge >= 0.3 is 0 Å². The highest BCUT2D eigenvalue weighted by Crippen LogP contribution is 2.25. The van der Waals surface area contributed by atoms with Gasteiger partial charge < -0.3 is 10.6 Å². The smallest absolute Gasteiger partial charge is 0.225 e. The number of amides is 1. The van der Waals surface area contributed by atoms with Crippen LogP contribution in [-0.2, 0) is 4.79 Å². The minimum absolute atomic E-state index is 0.201. The number of hydrogen-bond donors (Lipinski definition) is 1. The Morgan fingerprint density at radius 1 is 1.40 bits per heavy atom. The molecule has 3 heteroatoms. The second kappa shape index (κ2) is 6.11. The Hall–Kier alpha value is -0.570. The molecule has 3 nitrogen and oxygen atoms in total. The monoisotopic (exact) mass is 212 g/mol. The maximum Gasteiger partial charge on any atom is 0.225 e. The highest BCUT2D eigenvalue weighted by molar-refractivity contribution is 5.78. The maximum absolute atomic E-state index is 12.0. The first-order valence-corrected chi connectivity index (χ1v) is 6.15. The molecule has 0 aromatic rings. The van der Waals surface area contributed by atoms with Gasteiger partial charge in [-0.1, -0.05) is 19.8 Å². The lowest BCUT2D eigenvalue weighted by atomic mass is 10.1. The summed E-state index contributed by atoms with van der Waals surface area (Å²) < 4.78 is 0. The fourth-order valence-electron chi connectivity index (χ4n) is 2.26. The first-order chi connectivity index (χ1) is 7.15. The molecule has 1 rings (SSSR count). The number of hydrogen-bond acceptors (Lipinski definition) is 2. The number of nitrogens with zero attached hydrogens (tertiary/aromatic N) is 1. The molecule has 0 heterocycles. The SMILES string of the molecule is CCCCCN(C)C(=O)C1CCC(N)C1. The lowest BCUT2D eigenvalue weighted by Crippen LogP contribution is -2.33. The van der Waals surface area contributed by atoms with E-state index in [0.29, 0.717) is 5.91 Å². The maximum atomic E-state index is 12.0. The van der Waals surface area contributed by atoms with Crippen LogP contribution in [0.25, 0.3) is 0 Å². The Bertz CT molecular complexity index is 206. The topological polar surface area (TPSA) is 46.3 Å². The van der Waals surface area contributed by atoms with Crippen molar-refractivity contribution in [3.8, 4) is 0 Å². The van der Waals surface area contributed by atoms with Gasteiger partial charge in [-0.25, -0.2) is 0 Å². The number of carbonyl (C=O) groups excluding carboxylic acids is 1. The highest BCUT2D eigenvalue weighted by atomic mass is 16.2. The molecule has 2 N–H and O–H groups in total. The third-order valence-electron chi connectivity index (χ3n) is 3.30. The van der Waals surface area contributed by atoms with Crippen molar-refractivity contribution in [2.24, 2.45) is 11.7 Å². The van der Waals surface area contributed by atoms with Crippen LogP contribution in [0.3, 0.4) is 0 Å². The molecule has 0 spiro atoms. The van der Waals surface area contributed by atoms with E-state index in [-0.39, 0.29) is 12.0 Å². The lowest BCUT2D eigenvalue weighted by molar-refractivity contribution is -0.134. The molecule has 2 unspecified atom stereocenters. The van der Waals surface area contributed by atoms with Crippen molar-refractivity contribution in [1.82, 2.24) is 4.90 Å². The summed E-state index contributed by atoms with van der Waals surface area (Å²) in [6, 6.07) is 0.253. The van der Waals surface area contributed by atoms with Crippen LogP contribution in [0.4, 0.5) is 0 Å².